The second-order valence-corrected chi connectivity index (χ2v) is 3.85. The van der Waals surface area contributed by atoms with Crippen LogP contribution < -0.4 is 5.56 Å². The number of rotatable bonds is 2. The number of nitrogens with zero attached hydrogens (tertiary/aromatic N) is 1. The van der Waals surface area contributed by atoms with Gasteiger partial charge in [-0.2, -0.15) is 0 Å². The molecule has 0 amide bonds. The smallest absolute Gasteiger partial charge is 0.258 e. The van der Waals surface area contributed by atoms with E-state index < -0.39 is 0 Å². The zero-order valence-corrected chi connectivity index (χ0v) is 9.16. The Bertz CT molecular complexity index is 540. The minimum Gasteiger partial charge on any atom is -0.315 e. The van der Waals surface area contributed by atoms with Gasteiger partial charge in [-0.15, -0.1) is 0 Å². The van der Waals surface area contributed by atoms with Crippen molar-refractivity contribution < 1.29 is 0 Å². The van der Waals surface area contributed by atoms with Crippen molar-refractivity contribution in [3.63, 3.8) is 0 Å². The third-order valence-electron chi connectivity index (χ3n) is 2.68. The molecule has 0 aliphatic heterocycles. The Labute approximate surface area is 89.2 Å². The molecule has 0 aliphatic carbocycles. The van der Waals surface area contributed by atoms with Crippen LogP contribution in [-0.4, -0.2) is 4.57 Å². The normalized spacial score (nSPS) is 10.8. The van der Waals surface area contributed by atoms with Crippen molar-refractivity contribution >= 4 is 10.8 Å². The van der Waals surface area contributed by atoms with Crippen LogP contribution in [0.5, 0.6) is 0 Å². The number of aromatic nitrogens is 1. The topological polar surface area (TPSA) is 22.0 Å². The lowest BCUT2D eigenvalue weighted by atomic mass is 10.1. The maximum absolute atomic E-state index is 12.1. The van der Waals surface area contributed by atoms with Crippen LogP contribution in [0.4, 0.5) is 0 Å². The molecule has 0 unspecified atom stereocenters. The maximum Gasteiger partial charge on any atom is 0.258 e. The van der Waals surface area contributed by atoms with Gasteiger partial charge in [0.05, 0.1) is 5.39 Å². The van der Waals surface area contributed by atoms with E-state index in [9.17, 15) is 4.79 Å². The van der Waals surface area contributed by atoms with Crippen molar-refractivity contribution in [3.8, 4) is 0 Å². The molecule has 0 N–H and O–H groups in total. The van der Waals surface area contributed by atoms with Gasteiger partial charge in [-0.1, -0.05) is 25.1 Å². The van der Waals surface area contributed by atoms with E-state index in [1.807, 2.05) is 37.4 Å². The molecule has 0 atom stereocenters. The summed E-state index contributed by atoms with van der Waals surface area (Å²) in [6, 6.07) is 7.97. The van der Waals surface area contributed by atoms with Gasteiger partial charge in [0.1, 0.15) is 0 Å². The molecular formula is C13H15NO. The average molecular weight is 201 g/mol. The molecule has 0 spiro atoms. The first kappa shape index (κ1) is 9.97. The largest absolute Gasteiger partial charge is 0.315 e. The van der Waals surface area contributed by atoms with Gasteiger partial charge in [-0.05, 0) is 30.4 Å². The van der Waals surface area contributed by atoms with E-state index in [-0.39, 0.29) is 5.56 Å². The fourth-order valence-corrected chi connectivity index (χ4v) is 1.92. The van der Waals surface area contributed by atoms with Gasteiger partial charge in [-0.25, -0.2) is 0 Å². The number of hydrogen-bond donors (Lipinski definition) is 0. The molecule has 0 bridgehead atoms. The van der Waals surface area contributed by atoms with Gasteiger partial charge in [0.2, 0.25) is 0 Å². The molecule has 0 aliphatic rings. The van der Waals surface area contributed by atoms with E-state index in [0.717, 1.165) is 29.3 Å². The Morgan fingerprint density at radius 2 is 2.07 bits per heavy atom. The first-order valence-electron chi connectivity index (χ1n) is 5.33. The molecule has 15 heavy (non-hydrogen) atoms. The number of aryl methyl sites for hydroxylation is 2. The summed E-state index contributed by atoms with van der Waals surface area (Å²) in [5.41, 5.74) is 1.19. The molecule has 0 saturated heterocycles. The number of fused-ring (bicyclic) bond motifs is 1. The first-order chi connectivity index (χ1) is 7.24. The maximum atomic E-state index is 12.1. The van der Waals surface area contributed by atoms with Crippen molar-refractivity contribution in [2.45, 2.75) is 26.8 Å². The standard InChI is InChI=1S/C13H15NO/c1-3-8-14-9-7-11-6-4-5-10(2)12(11)13(14)15/h4-7,9H,3,8H2,1-2H3. The molecule has 0 fully saturated rings. The number of hydrogen-bond acceptors (Lipinski definition) is 1. The highest BCUT2D eigenvalue weighted by Crippen LogP contribution is 2.13. The lowest BCUT2D eigenvalue weighted by Crippen LogP contribution is -2.19. The van der Waals surface area contributed by atoms with Crippen LogP contribution in [0.1, 0.15) is 18.9 Å². The van der Waals surface area contributed by atoms with E-state index in [2.05, 4.69) is 6.92 Å². The molecule has 1 aromatic carbocycles. The van der Waals surface area contributed by atoms with Crippen molar-refractivity contribution in [2.75, 3.05) is 0 Å². The van der Waals surface area contributed by atoms with Crippen LogP contribution in [-0.2, 0) is 6.54 Å². The summed E-state index contributed by atoms with van der Waals surface area (Å²) in [7, 11) is 0. The minimum absolute atomic E-state index is 0.132. The summed E-state index contributed by atoms with van der Waals surface area (Å²) in [6.07, 6.45) is 2.87. The minimum atomic E-state index is 0.132. The predicted molar refractivity (Wildman–Crippen MR) is 63.2 cm³/mol. The van der Waals surface area contributed by atoms with Crippen molar-refractivity contribution in [3.05, 3.63) is 46.4 Å². The Kier molecular flexibility index (Phi) is 2.58. The third kappa shape index (κ3) is 1.67. The Balaban J connectivity index is 2.77. The molecule has 78 valence electrons. The van der Waals surface area contributed by atoms with Crippen molar-refractivity contribution in [1.82, 2.24) is 4.57 Å². The zero-order chi connectivity index (χ0) is 10.8. The van der Waals surface area contributed by atoms with Crippen LogP contribution >= 0.6 is 0 Å². The molecule has 2 aromatic rings. The molecule has 1 aromatic heterocycles. The van der Waals surface area contributed by atoms with Crippen molar-refractivity contribution in [2.24, 2.45) is 0 Å². The van der Waals surface area contributed by atoms with E-state index in [4.69, 9.17) is 0 Å². The molecular weight excluding hydrogens is 186 g/mol. The van der Waals surface area contributed by atoms with Gasteiger partial charge >= 0.3 is 0 Å². The van der Waals surface area contributed by atoms with Gasteiger partial charge < -0.3 is 4.57 Å². The number of benzene rings is 1. The lowest BCUT2D eigenvalue weighted by Gasteiger charge is -2.06. The number of pyridine rings is 1. The van der Waals surface area contributed by atoms with E-state index >= 15 is 0 Å². The average Bonchev–Trinajstić information content (AvgIpc) is 2.22. The first-order valence-corrected chi connectivity index (χ1v) is 5.33. The lowest BCUT2D eigenvalue weighted by molar-refractivity contribution is 0.659. The quantitative estimate of drug-likeness (QED) is 0.732. The molecule has 0 radical (unpaired) electrons. The fraction of sp³-hybridized carbons (Fsp3) is 0.308. The Morgan fingerprint density at radius 3 is 2.80 bits per heavy atom. The van der Waals surface area contributed by atoms with Gasteiger partial charge in [0.15, 0.2) is 0 Å². The molecule has 2 rings (SSSR count). The van der Waals surface area contributed by atoms with Crippen LogP contribution in [0, 0.1) is 6.92 Å². The third-order valence-corrected chi connectivity index (χ3v) is 2.68. The summed E-state index contributed by atoms with van der Waals surface area (Å²) in [5, 5.41) is 1.89. The highest BCUT2D eigenvalue weighted by molar-refractivity contribution is 5.84. The van der Waals surface area contributed by atoms with Crippen LogP contribution in [0.15, 0.2) is 35.3 Å². The van der Waals surface area contributed by atoms with E-state index in [0.29, 0.717) is 0 Å². The van der Waals surface area contributed by atoms with E-state index in [1.54, 1.807) is 4.57 Å². The van der Waals surface area contributed by atoms with Gasteiger partial charge in [-0.3, -0.25) is 4.79 Å². The fourth-order valence-electron chi connectivity index (χ4n) is 1.92. The molecule has 1 heterocycles. The molecule has 2 nitrogen and oxygen atoms in total. The summed E-state index contributed by atoms with van der Waals surface area (Å²) < 4.78 is 1.79. The predicted octanol–water partition coefficient (Wildman–Crippen LogP) is 2.72. The SMILES string of the molecule is CCCn1ccc2cccc(C)c2c1=O. The molecule has 2 heteroatoms. The summed E-state index contributed by atoms with van der Waals surface area (Å²) in [4.78, 5) is 12.1. The van der Waals surface area contributed by atoms with Crippen LogP contribution in [0.2, 0.25) is 0 Å². The highest BCUT2D eigenvalue weighted by Gasteiger charge is 2.03. The van der Waals surface area contributed by atoms with Gasteiger partial charge in [0, 0.05) is 12.7 Å². The summed E-state index contributed by atoms with van der Waals surface area (Å²) in [6.45, 7) is 4.86. The second-order valence-electron chi connectivity index (χ2n) is 3.85. The van der Waals surface area contributed by atoms with E-state index in [1.165, 1.54) is 0 Å². The van der Waals surface area contributed by atoms with Crippen LogP contribution in [0.25, 0.3) is 10.8 Å². The Morgan fingerprint density at radius 1 is 1.27 bits per heavy atom. The Hall–Kier alpha value is -1.57. The summed E-state index contributed by atoms with van der Waals surface area (Å²) >= 11 is 0. The van der Waals surface area contributed by atoms with Crippen molar-refractivity contribution in [1.29, 1.82) is 0 Å². The second kappa shape index (κ2) is 3.89. The van der Waals surface area contributed by atoms with Crippen LogP contribution in [0.3, 0.4) is 0 Å². The monoisotopic (exact) mass is 201 g/mol. The molecule has 0 saturated carbocycles. The zero-order valence-electron chi connectivity index (χ0n) is 9.16. The summed E-state index contributed by atoms with van der Waals surface area (Å²) in [5.74, 6) is 0. The highest BCUT2D eigenvalue weighted by atomic mass is 16.1. The van der Waals surface area contributed by atoms with Gasteiger partial charge in [0.25, 0.3) is 5.56 Å².